The van der Waals surface area contributed by atoms with Crippen LogP contribution in [0.2, 0.25) is 0 Å². The van der Waals surface area contributed by atoms with Gasteiger partial charge in [0.1, 0.15) is 5.75 Å². The number of nitrogens with zero attached hydrogens (tertiary/aromatic N) is 1. The monoisotopic (exact) mass is 370 g/mol. The van der Waals surface area contributed by atoms with Gasteiger partial charge in [0.25, 0.3) is 5.91 Å². The number of rotatable bonds is 7. The van der Waals surface area contributed by atoms with E-state index >= 15 is 0 Å². The van der Waals surface area contributed by atoms with Gasteiger partial charge in [0.15, 0.2) is 0 Å². The van der Waals surface area contributed by atoms with E-state index in [9.17, 15) is 13.2 Å². The summed E-state index contributed by atoms with van der Waals surface area (Å²) >= 11 is 0. The van der Waals surface area contributed by atoms with Gasteiger partial charge >= 0.3 is 0 Å². The van der Waals surface area contributed by atoms with Gasteiger partial charge in [0.05, 0.1) is 30.8 Å². The van der Waals surface area contributed by atoms with E-state index in [1.165, 1.54) is 29.6 Å². The van der Waals surface area contributed by atoms with Crippen LogP contribution >= 0.6 is 0 Å². The van der Waals surface area contributed by atoms with Crippen LogP contribution in [-0.2, 0) is 14.8 Å². The molecule has 0 atom stereocenters. The van der Waals surface area contributed by atoms with Crippen molar-refractivity contribution in [1.82, 2.24) is 9.62 Å². The van der Waals surface area contributed by atoms with Crippen molar-refractivity contribution in [2.24, 2.45) is 0 Å². The maximum Gasteiger partial charge on any atom is 0.255 e. The van der Waals surface area contributed by atoms with Crippen molar-refractivity contribution < 1.29 is 22.7 Å². The van der Waals surface area contributed by atoms with Gasteiger partial charge in [0.2, 0.25) is 10.0 Å². The minimum atomic E-state index is -3.66. The molecule has 0 bridgehead atoms. The minimum absolute atomic E-state index is 0.0386. The molecule has 2 rings (SSSR count). The SMILES string of the molecule is CCC(CC)NC(=O)c1cc(S(=O)(=O)N2CCOCC2)ccc1OC. The van der Waals surface area contributed by atoms with Gasteiger partial charge in [-0.1, -0.05) is 13.8 Å². The standard InChI is InChI=1S/C17H26N2O5S/c1-4-13(5-2)18-17(20)15-12-14(6-7-16(15)23-3)25(21,22)19-8-10-24-11-9-19/h6-7,12-13H,4-5,8-11H2,1-3H3,(H,18,20). The number of nitrogens with one attached hydrogen (secondary N) is 1. The van der Waals surface area contributed by atoms with Gasteiger partial charge in [-0.2, -0.15) is 4.31 Å². The van der Waals surface area contributed by atoms with Crippen LogP contribution in [0.15, 0.2) is 23.1 Å². The number of morpholine rings is 1. The summed E-state index contributed by atoms with van der Waals surface area (Å²) in [5.41, 5.74) is 0.226. The molecule has 0 spiro atoms. The van der Waals surface area contributed by atoms with Gasteiger partial charge in [-0.25, -0.2) is 8.42 Å². The number of sulfonamides is 1. The molecule has 1 fully saturated rings. The van der Waals surface area contributed by atoms with E-state index in [0.717, 1.165) is 12.8 Å². The van der Waals surface area contributed by atoms with Crippen LogP contribution in [0.5, 0.6) is 5.75 Å². The number of ether oxygens (including phenoxy) is 2. The molecule has 1 amide bonds. The summed E-state index contributed by atoms with van der Waals surface area (Å²) < 4.78 is 37.4. The molecular weight excluding hydrogens is 344 g/mol. The summed E-state index contributed by atoms with van der Waals surface area (Å²) in [5, 5.41) is 2.92. The van der Waals surface area contributed by atoms with Crippen molar-refractivity contribution >= 4 is 15.9 Å². The van der Waals surface area contributed by atoms with Crippen LogP contribution in [0.1, 0.15) is 37.0 Å². The van der Waals surface area contributed by atoms with Crippen molar-refractivity contribution in [3.63, 3.8) is 0 Å². The molecule has 1 heterocycles. The molecule has 0 aromatic heterocycles. The molecule has 0 aliphatic carbocycles. The fourth-order valence-corrected chi connectivity index (χ4v) is 4.15. The first-order chi connectivity index (χ1) is 11.9. The van der Waals surface area contributed by atoms with E-state index in [0.29, 0.717) is 32.1 Å². The van der Waals surface area contributed by atoms with Gasteiger partial charge in [-0.3, -0.25) is 4.79 Å². The molecule has 140 valence electrons. The largest absolute Gasteiger partial charge is 0.496 e. The van der Waals surface area contributed by atoms with Crippen LogP contribution in [0.3, 0.4) is 0 Å². The summed E-state index contributed by atoms with van der Waals surface area (Å²) in [6.07, 6.45) is 1.60. The van der Waals surface area contributed by atoms with Crippen LogP contribution in [0.25, 0.3) is 0 Å². The van der Waals surface area contributed by atoms with E-state index < -0.39 is 10.0 Å². The zero-order valence-corrected chi connectivity index (χ0v) is 15.8. The average Bonchev–Trinajstić information content (AvgIpc) is 2.65. The lowest BCUT2D eigenvalue weighted by Gasteiger charge is -2.26. The fourth-order valence-electron chi connectivity index (χ4n) is 2.72. The van der Waals surface area contributed by atoms with Crippen molar-refractivity contribution in [3.8, 4) is 5.75 Å². The molecule has 1 aliphatic heterocycles. The van der Waals surface area contributed by atoms with Gasteiger partial charge < -0.3 is 14.8 Å². The third-order valence-electron chi connectivity index (χ3n) is 4.34. The summed E-state index contributed by atoms with van der Waals surface area (Å²) in [4.78, 5) is 12.7. The lowest BCUT2D eigenvalue weighted by Crippen LogP contribution is -2.40. The van der Waals surface area contributed by atoms with E-state index in [-0.39, 0.29) is 22.4 Å². The molecule has 7 nitrogen and oxygen atoms in total. The molecule has 1 aromatic carbocycles. The molecule has 8 heteroatoms. The average molecular weight is 370 g/mol. The zero-order chi connectivity index (χ0) is 18.4. The lowest BCUT2D eigenvalue weighted by molar-refractivity contribution is 0.0730. The van der Waals surface area contributed by atoms with Crippen molar-refractivity contribution in [3.05, 3.63) is 23.8 Å². The Balaban J connectivity index is 2.34. The van der Waals surface area contributed by atoms with E-state index in [4.69, 9.17) is 9.47 Å². The summed E-state index contributed by atoms with van der Waals surface area (Å²) in [7, 11) is -2.21. The molecule has 25 heavy (non-hydrogen) atoms. The number of amides is 1. The summed E-state index contributed by atoms with van der Waals surface area (Å²) in [5.74, 6) is 0.0222. The Morgan fingerprint density at radius 2 is 1.92 bits per heavy atom. The second-order valence-corrected chi connectivity index (χ2v) is 7.80. The molecule has 0 radical (unpaired) electrons. The number of carbonyl (C=O) groups is 1. The Hall–Kier alpha value is -1.64. The highest BCUT2D eigenvalue weighted by Crippen LogP contribution is 2.25. The topological polar surface area (TPSA) is 84.9 Å². The molecular formula is C17H26N2O5S. The van der Waals surface area contributed by atoms with Crippen molar-refractivity contribution in [1.29, 1.82) is 0 Å². The number of hydrogen-bond donors (Lipinski definition) is 1. The minimum Gasteiger partial charge on any atom is -0.496 e. The third-order valence-corrected chi connectivity index (χ3v) is 6.24. The lowest BCUT2D eigenvalue weighted by atomic mass is 10.1. The molecule has 1 aromatic rings. The van der Waals surface area contributed by atoms with E-state index in [1.807, 2.05) is 13.8 Å². The Labute approximate surface area is 149 Å². The molecule has 1 saturated heterocycles. The Morgan fingerprint density at radius 1 is 1.28 bits per heavy atom. The predicted octanol–water partition coefficient (Wildman–Crippen LogP) is 1.63. The fraction of sp³-hybridized carbons (Fsp3) is 0.588. The second kappa shape index (κ2) is 8.64. The molecule has 0 unspecified atom stereocenters. The first-order valence-electron chi connectivity index (χ1n) is 8.50. The summed E-state index contributed by atoms with van der Waals surface area (Å²) in [6, 6.07) is 4.42. The van der Waals surface area contributed by atoms with Gasteiger partial charge in [-0.05, 0) is 31.0 Å². The Bertz CT molecular complexity index is 695. The van der Waals surface area contributed by atoms with Crippen LogP contribution in [0, 0.1) is 0 Å². The number of methoxy groups -OCH3 is 1. The maximum atomic E-state index is 12.8. The van der Waals surface area contributed by atoms with Crippen molar-refractivity contribution in [2.45, 2.75) is 37.6 Å². The molecule has 1 aliphatic rings. The van der Waals surface area contributed by atoms with Crippen LogP contribution in [-0.4, -0.2) is 58.1 Å². The first kappa shape index (κ1) is 19.7. The first-order valence-corrected chi connectivity index (χ1v) is 9.94. The normalized spacial score (nSPS) is 16.0. The smallest absolute Gasteiger partial charge is 0.255 e. The van der Waals surface area contributed by atoms with Gasteiger partial charge in [0, 0.05) is 19.1 Å². The quantitative estimate of drug-likeness (QED) is 0.789. The highest BCUT2D eigenvalue weighted by atomic mass is 32.2. The Morgan fingerprint density at radius 3 is 2.48 bits per heavy atom. The third kappa shape index (κ3) is 4.50. The number of hydrogen-bond acceptors (Lipinski definition) is 5. The van der Waals surface area contributed by atoms with Crippen LogP contribution < -0.4 is 10.1 Å². The highest BCUT2D eigenvalue weighted by Gasteiger charge is 2.28. The predicted molar refractivity (Wildman–Crippen MR) is 94.4 cm³/mol. The van der Waals surface area contributed by atoms with E-state index in [2.05, 4.69) is 5.32 Å². The van der Waals surface area contributed by atoms with Crippen LogP contribution in [0.4, 0.5) is 0 Å². The summed E-state index contributed by atoms with van der Waals surface area (Å²) in [6.45, 7) is 5.35. The van der Waals surface area contributed by atoms with E-state index in [1.54, 1.807) is 0 Å². The maximum absolute atomic E-state index is 12.8. The molecule has 0 saturated carbocycles. The number of carbonyl (C=O) groups excluding carboxylic acids is 1. The second-order valence-electron chi connectivity index (χ2n) is 5.87. The highest BCUT2D eigenvalue weighted by molar-refractivity contribution is 7.89. The zero-order valence-electron chi connectivity index (χ0n) is 14.9. The number of benzene rings is 1. The van der Waals surface area contributed by atoms with Gasteiger partial charge in [-0.15, -0.1) is 0 Å². The van der Waals surface area contributed by atoms with Crippen molar-refractivity contribution in [2.75, 3.05) is 33.4 Å². The Kier molecular flexibility index (Phi) is 6.80. The molecule has 1 N–H and O–H groups in total.